The molecule has 0 radical (unpaired) electrons. The van der Waals surface area contributed by atoms with Crippen molar-refractivity contribution >= 4 is 15.7 Å². The summed E-state index contributed by atoms with van der Waals surface area (Å²) in [6, 6.07) is 9.03. The van der Waals surface area contributed by atoms with Crippen molar-refractivity contribution in [2.75, 3.05) is 18.6 Å². The number of hydrogen-bond donors (Lipinski definition) is 1. The summed E-state index contributed by atoms with van der Waals surface area (Å²) >= 11 is 0. The Balaban J connectivity index is 1.60. The van der Waals surface area contributed by atoms with Gasteiger partial charge in [0.1, 0.15) is 5.75 Å². The van der Waals surface area contributed by atoms with Gasteiger partial charge < -0.3 is 10.1 Å². The highest BCUT2D eigenvalue weighted by Crippen LogP contribution is 2.41. The summed E-state index contributed by atoms with van der Waals surface area (Å²) < 4.78 is 30.2. The van der Waals surface area contributed by atoms with Crippen molar-refractivity contribution in [2.24, 2.45) is 0 Å². The van der Waals surface area contributed by atoms with E-state index in [0.29, 0.717) is 18.0 Å². The van der Waals surface area contributed by atoms with Gasteiger partial charge >= 0.3 is 0 Å². The first kappa shape index (κ1) is 17.1. The van der Waals surface area contributed by atoms with Crippen LogP contribution >= 0.6 is 0 Å². The predicted molar refractivity (Wildman–Crippen MR) is 96.6 cm³/mol. The highest BCUT2D eigenvalue weighted by atomic mass is 32.2. The summed E-state index contributed by atoms with van der Waals surface area (Å²) in [6.45, 7) is 0. The third-order valence-corrected chi connectivity index (χ3v) is 6.60. The Kier molecular flexibility index (Phi) is 4.22. The summed E-state index contributed by atoms with van der Waals surface area (Å²) in [7, 11) is -1.42. The highest BCUT2D eigenvalue weighted by molar-refractivity contribution is 7.91. The first-order chi connectivity index (χ1) is 12.4. The second kappa shape index (κ2) is 6.42. The standard InChI is InChI=1S/C18H21N3O4S/c1-25-15-4-2-3-14(9-15)21-17(12-5-6-12)10-16(20-21)18(22)19-13-7-8-26(23,24)11-13/h2-4,9-10,12-13H,5-8,11H2,1H3,(H,19,22). The fourth-order valence-electron chi connectivity index (χ4n) is 3.29. The summed E-state index contributed by atoms with van der Waals surface area (Å²) in [5.41, 5.74) is 2.16. The maximum absolute atomic E-state index is 12.6. The Morgan fingerprint density at radius 1 is 1.27 bits per heavy atom. The average molecular weight is 375 g/mol. The van der Waals surface area contributed by atoms with E-state index >= 15 is 0 Å². The molecular weight excluding hydrogens is 354 g/mol. The molecule has 1 saturated carbocycles. The lowest BCUT2D eigenvalue weighted by atomic mass is 10.2. The summed E-state index contributed by atoms with van der Waals surface area (Å²) in [5.74, 6) is 0.939. The third kappa shape index (κ3) is 3.46. The first-order valence-electron chi connectivity index (χ1n) is 8.71. The van der Waals surface area contributed by atoms with Crippen molar-refractivity contribution in [2.45, 2.75) is 31.2 Å². The van der Waals surface area contributed by atoms with Crippen LogP contribution in [0.15, 0.2) is 30.3 Å². The van der Waals surface area contributed by atoms with Crippen molar-refractivity contribution in [3.63, 3.8) is 0 Å². The zero-order chi connectivity index (χ0) is 18.3. The van der Waals surface area contributed by atoms with Gasteiger partial charge in [0.2, 0.25) is 0 Å². The van der Waals surface area contributed by atoms with Crippen LogP contribution in [0.5, 0.6) is 5.75 Å². The van der Waals surface area contributed by atoms with Crippen molar-refractivity contribution in [3.05, 3.63) is 41.7 Å². The Labute approximate surface area is 152 Å². The second-order valence-electron chi connectivity index (χ2n) is 6.92. The fourth-order valence-corrected chi connectivity index (χ4v) is 4.97. The van der Waals surface area contributed by atoms with E-state index in [-0.39, 0.29) is 23.5 Å². The molecule has 26 heavy (non-hydrogen) atoms. The van der Waals surface area contributed by atoms with E-state index in [1.54, 1.807) is 11.8 Å². The molecule has 1 N–H and O–H groups in total. The van der Waals surface area contributed by atoms with Crippen LogP contribution in [0.4, 0.5) is 0 Å². The molecule has 4 rings (SSSR count). The van der Waals surface area contributed by atoms with E-state index in [1.807, 2.05) is 30.3 Å². The maximum atomic E-state index is 12.6. The quantitative estimate of drug-likeness (QED) is 0.859. The lowest BCUT2D eigenvalue weighted by Crippen LogP contribution is -2.35. The first-order valence-corrected chi connectivity index (χ1v) is 10.5. The minimum atomic E-state index is -3.03. The maximum Gasteiger partial charge on any atom is 0.272 e. The lowest BCUT2D eigenvalue weighted by Gasteiger charge is -2.09. The number of hydrogen-bond acceptors (Lipinski definition) is 5. The normalized spacial score (nSPS) is 21.5. The summed E-state index contributed by atoms with van der Waals surface area (Å²) in [6.07, 6.45) is 2.62. The van der Waals surface area contributed by atoms with Gasteiger partial charge in [0.25, 0.3) is 5.91 Å². The molecule has 8 heteroatoms. The van der Waals surface area contributed by atoms with Crippen LogP contribution in [0, 0.1) is 0 Å². The average Bonchev–Trinajstić information content (AvgIpc) is 3.27. The van der Waals surface area contributed by atoms with Gasteiger partial charge in [-0.25, -0.2) is 13.1 Å². The molecule has 7 nitrogen and oxygen atoms in total. The van der Waals surface area contributed by atoms with E-state index in [9.17, 15) is 13.2 Å². The number of sulfone groups is 1. The minimum absolute atomic E-state index is 0.00478. The Morgan fingerprint density at radius 3 is 2.73 bits per heavy atom. The van der Waals surface area contributed by atoms with E-state index in [2.05, 4.69) is 10.4 Å². The van der Waals surface area contributed by atoms with E-state index in [1.165, 1.54) is 0 Å². The van der Waals surface area contributed by atoms with Crippen molar-refractivity contribution < 1.29 is 17.9 Å². The molecule has 0 bridgehead atoms. The number of benzene rings is 1. The molecule has 2 heterocycles. The molecule has 1 aromatic heterocycles. The number of carbonyl (C=O) groups is 1. The SMILES string of the molecule is COc1cccc(-n2nc(C(=O)NC3CCS(=O)(=O)C3)cc2C2CC2)c1. The molecule has 1 saturated heterocycles. The number of methoxy groups -OCH3 is 1. The van der Waals surface area contributed by atoms with Gasteiger partial charge in [-0.15, -0.1) is 0 Å². The number of aromatic nitrogens is 2. The molecule has 1 aliphatic carbocycles. The van der Waals surface area contributed by atoms with Gasteiger partial charge in [0.15, 0.2) is 15.5 Å². The third-order valence-electron chi connectivity index (χ3n) is 4.83. The minimum Gasteiger partial charge on any atom is -0.497 e. The van der Waals surface area contributed by atoms with Crippen molar-refractivity contribution in [3.8, 4) is 11.4 Å². The Hall–Kier alpha value is -2.35. The van der Waals surface area contributed by atoms with Gasteiger partial charge in [0.05, 0.1) is 24.3 Å². The predicted octanol–water partition coefficient (Wildman–Crippen LogP) is 1.68. The second-order valence-corrected chi connectivity index (χ2v) is 9.14. The molecule has 1 aliphatic heterocycles. The molecule has 2 aliphatic rings. The van der Waals surface area contributed by atoms with Gasteiger partial charge in [-0.05, 0) is 37.5 Å². The number of amides is 1. The van der Waals surface area contributed by atoms with Crippen LogP contribution in [-0.2, 0) is 9.84 Å². The highest BCUT2D eigenvalue weighted by Gasteiger charge is 2.32. The van der Waals surface area contributed by atoms with Crippen molar-refractivity contribution in [1.82, 2.24) is 15.1 Å². The van der Waals surface area contributed by atoms with Crippen LogP contribution in [0.1, 0.15) is 41.4 Å². The topological polar surface area (TPSA) is 90.3 Å². The lowest BCUT2D eigenvalue weighted by molar-refractivity contribution is 0.0935. The molecule has 138 valence electrons. The Morgan fingerprint density at radius 2 is 2.08 bits per heavy atom. The molecule has 1 amide bonds. The smallest absolute Gasteiger partial charge is 0.272 e. The fraction of sp³-hybridized carbons (Fsp3) is 0.444. The van der Waals surface area contributed by atoms with E-state index in [4.69, 9.17) is 4.74 Å². The van der Waals surface area contributed by atoms with Gasteiger partial charge in [0, 0.05) is 23.7 Å². The van der Waals surface area contributed by atoms with Crippen LogP contribution in [-0.4, -0.2) is 48.8 Å². The summed E-state index contributed by atoms with van der Waals surface area (Å²) in [5, 5.41) is 7.30. The van der Waals surface area contributed by atoms with Gasteiger partial charge in [-0.2, -0.15) is 5.10 Å². The molecule has 1 unspecified atom stereocenters. The molecular formula is C18H21N3O4S. The van der Waals surface area contributed by atoms with Crippen LogP contribution in [0.25, 0.3) is 5.69 Å². The zero-order valence-corrected chi connectivity index (χ0v) is 15.3. The van der Waals surface area contributed by atoms with Crippen LogP contribution in [0.2, 0.25) is 0 Å². The molecule has 1 aromatic carbocycles. The Bertz CT molecular complexity index is 947. The van der Waals surface area contributed by atoms with Crippen LogP contribution in [0.3, 0.4) is 0 Å². The zero-order valence-electron chi connectivity index (χ0n) is 14.5. The molecule has 0 spiro atoms. The molecule has 1 atom stereocenters. The van der Waals surface area contributed by atoms with Gasteiger partial charge in [-0.1, -0.05) is 6.07 Å². The van der Waals surface area contributed by atoms with E-state index < -0.39 is 9.84 Å². The number of rotatable bonds is 5. The number of carbonyl (C=O) groups excluding carboxylic acids is 1. The molecule has 2 aromatic rings. The number of nitrogens with one attached hydrogen (secondary N) is 1. The van der Waals surface area contributed by atoms with Gasteiger partial charge in [-0.3, -0.25) is 4.79 Å². The number of nitrogens with zero attached hydrogens (tertiary/aromatic N) is 2. The largest absolute Gasteiger partial charge is 0.497 e. The van der Waals surface area contributed by atoms with Crippen molar-refractivity contribution in [1.29, 1.82) is 0 Å². The molecule has 2 fully saturated rings. The summed E-state index contributed by atoms with van der Waals surface area (Å²) in [4.78, 5) is 12.6. The monoisotopic (exact) mass is 375 g/mol. The van der Waals surface area contributed by atoms with Crippen LogP contribution < -0.4 is 10.1 Å². The van der Waals surface area contributed by atoms with E-state index in [0.717, 1.165) is 30.0 Å². The number of ether oxygens (including phenoxy) is 1.